The lowest BCUT2D eigenvalue weighted by Gasteiger charge is -2.18. The van der Waals surface area contributed by atoms with Crippen LogP contribution in [0.2, 0.25) is 0 Å². The summed E-state index contributed by atoms with van der Waals surface area (Å²) >= 11 is 0. The average Bonchev–Trinajstić information content (AvgIpc) is 3.44. The number of ether oxygens (including phenoxy) is 1. The maximum Gasteiger partial charge on any atom is 0.271 e. The summed E-state index contributed by atoms with van der Waals surface area (Å²) in [6.07, 6.45) is 2.07. The van der Waals surface area contributed by atoms with E-state index in [1.54, 1.807) is 26.4 Å². The number of carbonyl (C=O) groups is 1. The number of hydrogen-bond acceptors (Lipinski definition) is 8. The van der Waals surface area contributed by atoms with E-state index in [2.05, 4.69) is 46.2 Å². The summed E-state index contributed by atoms with van der Waals surface area (Å²) in [5.41, 5.74) is 1.72. The molecule has 0 saturated carbocycles. The quantitative estimate of drug-likeness (QED) is 0.367. The SMILES string of the molecule is CNc1nc(C(=O)N[C@@H](Cc2nn[nH]n2)c2ccc(OC)cc2)c2cc[nH]c2n1. The van der Waals surface area contributed by atoms with Gasteiger partial charge in [0.1, 0.15) is 17.1 Å². The van der Waals surface area contributed by atoms with Crippen LogP contribution in [-0.2, 0) is 6.42 Å². The molecule has 0 aliphatic heterocycles. The molecule has 0 aliphatic rings. The van der Waals surface area contributed by atoms with Crippen molar-refractivity contribution in [1.29, 1.82) is 0 Å². The number of amides is 1. The molecule has 3 aromatic heterocycles. The van der Waals surface area contributed by atoms with Crippen molar-refractivity contribution in [1.82, 2.24) is 40.9 Å². The fourth-order valence-electron chi connectivity index (χ4n) is 2.99. The average molecular weight is 393 g/mol. The number of carbonyl (C=O) groups excluding carboxylic acids is 1. The van der Waals surface area contributed by atoms with Crippen LogP contribution < -0.4 is 15.4 Å². The van der Waals surface area contributed by atoms with E-state index >= 15 is 0 Å². The summed E-state index contributed by atoms with van der Waals surface area (Å²) in [5, 5.41) is 20.5. The van der Waals surface area contributed by atoms with E-state index in [0.717, 1.165) is 11.3 Å². The normalized spacial score (nSPS) is 11.9. The predicted octanol–water partition coefficient (Wildman–Crippen LogP) is 1.24. The number of nitrogens with zero attached hydrogens (tertiary/aromatic N) is 5. The molecule has 0 unspecified atom stereocenters. The minimum Gasteiger partial charge on any atom is -0.497 e. The van der Waals surface area contributed by atoms with E-state index in [1.807, 2.05) is 24.3 Å². The van der Waals surface area contributed by atoms with Gasteiger partial charge in [-0.1, -0.05) is 17.3 Å². The van der Waals surface area contributed by atoms with Crippen molar-refractivity contribution in [2.45, 2.75) is 12.5 Å². The molecule has 0 spiro atoms. The van der Waals surface area contributed by atoms with Crippen molar-refractivity contribution in [3.05, 3.63) is 53.6 Å². The number of methoxy groups -OCH3 is 1. The fourth-order valence-corrected chi connectivity index (χ4v) is 2.99. The highest BCUT2D eigenvalue weighted by atomic mass is 16.5. The number of H-pyrrole nitrogens is 2. The standard InChI is InChI=1S/C18H19N9O2/c1-19-18-22-15(12-7-8-20-16(12)23-18)17(28)21-13(9-14-24-26-27-25-14)10-3-5-11(29-2)6-4-10/h3-8,13H,9H2,1-2H3,(H,21,28)(H2,19,20,22,23)(H,24,25,26,27)/t13-/m0/s1. The molecular weight excluding hydrogens is 374 g/mol. The van der Waals surface area contributed by atoms with E-state index < -0.39 is 6.04 Å². The van der Waals surface area contributed by atoms with Gasteiger partial charge < -0.3 is 20.4 Å². The molecule has 29 heavy (non-hydrogen) atoms. The molecule has 0 aliphatic carbocycles. The van der Waals surface area contributed by atoms with Crippen molar-refractivity contribution in [2.24, 2.45) is 0 Å². The number of anilines is 1. The third-order valence-electron chi connectivity index (χ3n) is 4.45. The molecule has 11 nitrogen and oxygen atoms in total. The van der Waals surface area contributed by atoms with Crippen molar-refractivity contribution in [3.63, 3.8) is 0 Å². The van der Waals surface area contributed by atoms with Gasteiger partial charge >= 0.3 is 0 Å². The molecule has 1 amide bonds. The van der Waals surface area contributed by atoms with Gasteiger partial charge in [-0.25, -0.2) is 4.98 Å². The lowest BCUT2D eigenvalue weighted by Crippen LogP contribution is -2.31. The van der Waals surface area contributed by atoms with E-state index in [0.29, 0.717) is 29.2 Å². The molecule has 4 N–H and O–H groups in total. The van der Waals surface area contributed by atoms with Crippen molar-refractivity contribution in [3.8, 4) is 5.75 Å². The van der Waals surface area contributed by atoms with Gasteiger partial charge in [0.25, 0.3) is 5.91 Å². The minimum absolute atomic E-state index is 0.271. The molecule has 1 aromatic carbocycles. The molecule has 4 aromatic rings. The second-order valence-electron chi connectivity index (χ2n) is 6.22. The van der Waals surface area contributed by atoms with Gasteiger partial charge in [0.2, 0.25) is 5.95 Å². The number of rotatable bonds is 7. The Labute approximate surface area is 165 Å². The molecule has 11 heteroatoms. The van der Waals surface area contributed by atoms with E-state index in [9.17, 15) is 4.79 Å². The Morgan fingerprint density at radius 2 is 2.03 bits per heavy atom. The highest BCUT2D eigenvalue weighted by Crippen LogP contribution is 2.22. The van der Waals surface area contributed by atoms with Crippen LogP contribution in [0.1, 0.15) is 27.9 Å². The lowest BCUT2D eigenvalue weighted by atomic mass is 10.0. The zero-order valence-electron chi connectivity index (χ0n) is 15.8. The van der Waals surface area contributed by atoms with Crippen molar-refractivity contribution < 1.29 is 9.53 Å². The van der Waals surface area contributed by atoms with E-state index in [1.165, 1.54) is 0 Å². The van der Waals surface area contributed by atoms with Crippen LogP contribution in [-0.4, -0.2) is 55.6 Å². The largest absolute Gasteiger partial charge is 0.497 e. The number of nitrogens with one attached hydrogen (secondary N) is 4. The minimum atomic E-state index is -0.395. The second kappa shape index (κ2) is 7.92. The number of benzene rings is 1. The summed E-state index contributed by atoms with van der Waals surface area (Å²) in [6, 6.07) is 8.81. The third kappa shape index (κ3) is 3.83. The zero-order valence-corrected chi connectivity index (χ0v) is 15.8. The Morgan fingerprint density at radius 1 is 1.21 bits per heavy atom. The van der Waals surface area contributed by atoms with Gasteiger partial charge in [0.05, 0.1) is 18.5 Å². The first-order valence-electron chi connectivity index (χ1n) is 8.88. The highest BCUT2D eigenvalue weighted by molar-refractivity contribution is 6.04. The van der Waals surface area contributed by atoms with Crippen LogP contribution >= 0.6 is 0 Å². The fraction of sp³-hybridized carbons (Fsp3) is 0.222. The van der Waals surface area contributed by atoms with E-state index in [4.69, 9.17) is 4.74 Å². The number of tetrazole rings is 1. The number of aromatic amines is 2. The predicted molar refractivity (Wildman–Crippen MR) is 105 cm³/mol. The maximum atomic E-state index is 13.1. The monoisotopic (exact) mass is 393 g/mol. The molecule has 1 atom stereocenters. The van der Waals surface area contributed by atoms with Gasteiger partial charge in [-0.05, 0) is 23.8 Å². The summed E-state index contributed by atoms with van der Waals surface area (Å²) in [4.78, 5) is 24.8. The Hall–Kier alpha value is -4.02. The van der Waals surface area contributed by atoms with Crippen LogP contribution in [0.4, 0.5) is 5.95 Å². The molecule has 3 heterocycles. The van der Waals surface area contributed by atoms with Crippen LogP contribution in [0.25, 0.3) is 11.0 Å². The van der Waals surface area contributed by atoms with Gasteiger partial charge in [0.15, 0.2) is 5.82 Å². The number of aromatic nitrogens is 7. The third-order valence-corrected chi connectivity index (χ3v) is 4.45. The van der Waals surface area contributed by atoms with Crippen LogP contribution in [0.5, 0.6) is 5.75 Å². The van der Waals surface area contributed by atoms with Crippen LogP contribution in [0.3, 0.4) is 0 Å². The summed E-state index contributed by atoms with van der Waals surface area (Å²) in [6.45, 7) is 0. The Morgan fingerprint density at radius 3 is 2.72 bits per heavy atom. The molecule has 0 fully saturated rings. The first-order valence-corrected chi connectivity index (χ1v) is 8.88. The molecule has 4 rings (SSSR count). The second-order valence-corrected chi connectivity index (χ2v) is 6.22. The number of hydrogen-bond donors (Lipinski definition) is 4. The topological polar surface area (TPSA) is 146 Å². The summed E-state index contributed by atoms with van der Waals surface area (Å²) < 4.78 is 5.22. The van der Waals surface area contributed by atoms with Crippen molar-refractivity contribution in [2.75, 3.05) is 19.5 Å². The molecule has 148 valence electrons. The van der Waals surface area contributed by atoms with Gasteiger partial charge in [0, 0.05) is 19.7 Å². The zero-order chi connectivity index (χ0) is 20.2. The number of fused-ring (bicyclic) bond motifs is 1. The Balaban J connectivity index is 1.66. The maximum absolute atomic E-state index is 13.1. The molecule has 0 bridgehead atoms. The van der Waals surface area contributed by atoms with Crippen molar-refractivity contribution >= 4 is 22.9 Å². The highest BCUT2D eigenvalue weighted by Gasteiger charge is 2.22. The van der Waals surface area contributed by atoms with Crippen LogP contribution in [0, 0.1) is 0 Å². The molecule has 0 radical (unpaired) electrons. The Kier molecular flexibility index (Phi) is 5.01. The molecule has 0 saturated heterocycles. The first kappa shape index (κ1) is 18.3. The summed E-state index contributed by atoms with van der Waals surface area (Å²) in [7, 11) is 3.30. The van der Waals surface area contributed by atoms with Crippen LogP contribution in [0.15, 0.2) is 36.5 Å². The first-order chi connectivity index (χ1) is 14.2. The molecular formula is C18H19N9O2. The smallest absolute Gasteiger partial charge is 0.271 e. The lowest BCUT2D eigenvalue weighted by molar-refractivity contribution is 0.0933. The van der Waals surface area contributed by atoms with E-state index in [-0.39, 0.29) is 11.6 Å². The summed E-state index contributed by atoms with van der Waals surface area (Å²) in [5.74, 6) is 1.22. The van der Waals surface area contributed by atoms with Gasteiger partial charge in [-0.2, -0.15) is 10.2 Å². The van der Waals surface area contributed by atoms with Gasteiger partial charge in [-0.3, -0.25) is 4.79 Å². The van der Waals surface area contributed by atoms with Gasteiger partial charge in [-0.15, -0.1) is 10.2 Å². The Bertz CT molecular complexity index is 1110.